The molecule has 0 saturated heterocycles. The second kappa shape index (κ2) is 4.85. The molecule has 0 radical (unpaired) electrons. The number of nitrogens with zero attached hydrogens (tertiary/aromatic N) is 1. The largest absolute Gasteiger partial charge is 0.328 e. The van der Waals surface area contributed by atoms with Crippen LogP contribution in [0.3, 0.4) is 0 Å². The molecule has 0 aromatic carbocycles. The van der Waals surface area contributed by atoms with E-state index < -0.39 is 0 Å². The van der Waals surface area contributed by atoms with E-state index in [1.807, 2.05) is 0 Å². The first kappa shape index (κ1) is 12.1. The van der Waals surface area contributed by atoms with Crippen molar-refractivity contribution in [1.82, 2.24) is 9.97 Å². The van der Waals surface area contributed by atoms with Crippen LogP contribution in [0.4, 0.5) is 0 Å². The first-order valence-corrected chi connectivity index (χ1v) is 5.93. The van der Waals surface area contributed by atoms with E-state index in [4.69, 9.17) is 17.3 Å². The lowest BCUT2D eigenvalue weighted by atomic mass is 10.0. The van der Waals surface area contributed by atoms with Gasteiger partial charge in [-0.25, -0.2) is 4.98 Å². The average molecular weight is 252 g/mol. The minimum absolute atomic E-state index is 0.0992. The van der Waals surface area contributed by atoms with Gasteiger partial charge in [-0.1, -0.05) is 24.9 Å². The van der Waals surface area contributed by atoms with Gasteiger partial charge in [-0.05, 0) is 23.4 Å². The second-order valence-corrected chi connectivity index (χ2v) is 4.41. The molecular formula is C12H14ClN3O. The van der Waals surface area contributed by atoms with Gasteiger partial charge in [-0.2, -0.15) is 0 Å². The summed E-state index contributed by atoms with van der Waals surface area (Å²) in [5, 5.41) is 1.68. The topological polar surface area (TPSA) is 71.8 Å². The Morgan fingerprint density at radius 2 is 2.29 bits per heavy atom. The van der Waals surface area contributed by atoms with E-state index in [0.29, 0.717) is 10.5 Å². The molecule has 2 heterocycles. The second-order valence-electron chi connectivity index (χ2n) is 4.02. The van der Waals surface area contributed by atoms with Crippen molar-refractivity contribution in [3.05, 3.63) is 39.5 Å². The molecule has 0 fully saturated rings. The Hall–Kier alpha value is -1.39. The standard InChI is InChI=1S/C12H14ClN3O/c1-2-3-10(14)8-5-16-12(17)9-6-15-11(13)4-7(8)9/h4-6,10H,2-3,14H2,1H3,(H,16,17). The van der Waals surface area contributed by atoms with Gasteiger partial charge in [0.25, 0.3) is 5.56 Å². The number of nitrogens with two attached hydrogens (primary N) is 1. The Bertz CT molecular complexity index is 594. The number of pyridine rings is 2. The van der Waals surface area contributed by atoms with Crippen molar-refractivity contribution in [1.29, 1.82) is 0 Å². The van der Waals surface area contributed by atoms with Gasteiger partial charge in [0, 0.05) is 18.4 Å². The highest BCUT2D eigenvalue weighted by molar-refractivity contribution is 6.30. The van der Waals surface area contributed by atoms with Crippen molar-refractivity contribution in [2.45, 2.75) is 25.8 Å². The third-order valence-electron chi connectivity index (χ3n) is 2.78. The smallest absolute Gasteiger partial charge is 0.257 e. The van der Waals surface area contributed by atoms with E-state index in [9.17, 15) is 4.79 Å². The van der Waals surface area contributed by atoms with Crippen molar-refractivity contribution < 1.29 is 0 Å². The van der Waals surface area contributed by atoms with E-state index in [1.165, 1.54) is 6.20 Å². The minimum Gasteiger partial charge on any atom is -0.328 e. The predicted octanol–water partition coefficient (Wildman–Crippen LogP) is 2.38. The summed E-state index contributed by atoms with van der Waals surface area (Å²) in [7, 11) is 0. The summed E-state index contributed by atoms with van der Waals surface area (Å²) in [6.45, 7) is 2.07. The molecule has 2 aromatic rings. The van der Waals surface area contributed by atoms with Crippen LogP contribution >= 0.6 is 11.6 Å². The van der Waals surface area contributed by atoms with Crippen molar-refractivity contribution in [3.8, 4) is 0 Å². The molecule has 2 aromatic heterocycles. The van der Waals surface area contributed by atoms with E-state index in [2.05, 4.69) is 16.9 Å². The predicted molar refractivity (Wildman–Crippen MR) is 69.2 cm³/mol. The lowest BCUT2D eigenvalue weighted by Gasteiger charge is -2.13. The Kier molecular flexibility index (Phi) is 3.45. The number of aromatic nitrogens is 2. The average Bonchev–Trinajstić information content (AvgIpc) is 2.29. The number of rotatable bonds is 3. The molecule has 90 valence electrons. The fourth-order valence-electron chi connectivity index (χ4n) is 1.92. The molecular weight excluding hydrogens is 238 g/mol. The zero-order valence-electron chi connectivity index (χ0n) is 9.53. The maximum Gasteiger partial charge on any atom is 0.257 e. The molecule has 2 rings (SSSR count). The highest BCUT2D eigenvalue weighted by atomic mass is 35.5. The molecule has 1 atom stereocenters. The van der Waals surface area contributed by atoms with Gasteiger partial charge in [-0.3, -0.25) is 4.79 Å². The summed E-state index contributed by atoms with van der Waals surface area (Å²) >= 11 is 5.86. The van der Waals surface area contributed by atoms with Crippen molar-refractivity contribution in [2.75, 3.05) is 0 Å². The minimum atomic E-state index is -0.170. The summed E-state index contributed by atoms with van der Waals surface area (Å²) in [6, 6.07) is 1.59. The maximum atomic E-state index is 11.6. The Morgan fingerprint density at radius 3 is 3.00 bits per heavy atom. The van der Waals surface area contributed by atoms with E-state index >= 15 is 0 Å². The quantitative estimate of drug-likeness (QED) is 0.823. The molecule has 0 bridgehead atoms. The molecule has 0 aliphatic carbocycles. The molecule has 5 heteroatoms. The Labute approximate surface area is 104 Å². The van der Waals surface area contributed by atoms with Gasteiger partial charge < -0.3 is 10.7 Å². The van der Waals surface area contributed by atoms with Gasteiger partial charge in [0.2, 0.25) is 0 Å². The van der Waals surface area contributed by atoms with Crippen LogP contribution in [0.2, 0.25) is 5.15 Å². The van der Waals surface area contributed by atoms with Gasteiger partial charge in [0.1, 0.15) is 5.15 Å². The summed E-state index contributed by atoms with van der Waals surface area (Å²) in [5.74, 6) is 0. The van der Waals surface area contributed by atoms with Gasteiger partial charge in [0.15, 0.2) is 0 Å². The molecule has 3 N–H and O–H groups in total. The fourth-order valence-corrected chi connectivity index (χ4v) is 2.08. The lowest BCUT2D eigenvalue weighted by Crippen LogP contribution is -2.15. The number of H-pyrrole nitrogens is 1. The third kappa shape index (κ3) is 2.33. The summed E-state index contributed by atoms with van der Waals surface area (Å²) in [4.78, 5) is 18.2. The van der Waals surface area contributed by atoms with Crippen LogP contribution in [0.1, 0.15) is 31.4 Å². The summed E-state index contributed by atoms with van der Waals surface area (Å²) in [5.41, 5.74) is 6.82. The first-order valence-electron chi connectivity index (χ1n) is 5.56. The van der Waals surface area contributed by atoms with E-state index in [0.717, 1.165) is 23.8 Å². The van der Waals surface area contributed by atoms with Crippen molar-refractivity contribution >= 4 is 22.4 Å². The van der Waals surface area contributed by atoms with Crippen LogP contribution < -0.4 is 11.3 Å². The molecule has 17 heavy (non-hydrogen) atoms. The van der Waals surface area contributed by atoms with Crippen LogP contribution in [0.25, 0.3) is 10.8 Å². The molecule has 0 aliphatic rings. The number of hydrogen-bond donors (Lipinski definition) is 2. The summed E-state index contributed by atoms with van der Waals surface area (Å²) in [6.07, 6.45) is 5.00. The Morgan fingerprint density at radius 1 is 1.53 bits per heavy atom. The summed E-state index contributed by atoms with van der Waals surface area (Å²) < 4.78 is 0. The number of nitrogens with one attached hydrogen (secondary N) is 1. The molecule has 0 saturated carbocycles. The van der Waals surface area contributed by atoms with Gasteiger partial charge in [0.05, 0.1) is 5.39 Å². The maximum absolute atomic E-state index is 11.6. The molecule has 0 spiro atoms. The molecule has 0 amide bonds. The number of hydrogen-bond acceptors (Lipinski definition) is 3. The van der Waals surface area contributed by atoms with E-state index in [1.54, 1.807) is 12.3 Å². The fraction of sp³-hybridized carbons (Fsp3) is 0.333. The number of aromatic amines is 1. The Balaban J connectivity index is 2.67. The lowest BCUT2D eigenvalue weighted by molar-refractivity contribution is 0.640. The van der Waals surface area contributed by atoms with Crippen LogP contribution in [-0.4, -0.2) is 9.97 Å². The first-order chi connectivity index (χ1) is 8.13. The van der Waals surface area contributed by atoms with Crippen LogP contribution in [0, 0.1) is 0 Å². The van der Waals surface area contributed by atoms with Crippen molar-refractivity contribution in [2.24, 2.45) is 5.73 Å². The molecule has 4 nitrogen and oxygen atoms in total. The highest BCUT2D eigenvalue weighted by Crippen LogP contribution is 2.24. The normalized spacial score (nSPS) is 12.9. The van der Waals surface area contributed by atoms with Crippen molar-refractivity contribution in [3.63, 3.8) is 0 Å². The third-order valence-corrected chi connectivity index (χ3v) is 2.99. The zero-order valence-corrected chi connectivity index (χ0v) is 10.3. The molecule has 0 aliphatic heterocycles. The van der Waals surface area contributed by atoms with E-state index in [-0.39, 0.29) is 11.6 Å². The monoisotopic (exact) mass is 251 g/mol. The highest BCUT2D eigenvalue weighted by Gasteiger charge is 2.11. The van der Waals surface area contributed by atoms with Crippen LogP contribution in [-0.2, 0) is 0 Å². The zero-order chi connectivity index (χ0) is 12.4. The van der Waals surface area contributed by atoms with Gasteiger partial charge >= 0.3 is 0 Å². The molecule has 1 unspecified atom stereocenters. The number of halogens is 1. The van der Waals surface area contributed by atoms with Crippen LogP contribution in [0.15, 0.2) is 23.3 Å². The SMILES string of the molecule is CCCC(N)c1c[nH]c(=O)c2cnc(Cl)cc12. The number of fused-ring (bicyclic) bond motifs is 1. The van der Waals surface area contributed by atoms with Gasteiger partial charge in [-0.15, -0.1) is 0 Å². The van der Waals surface area contributed by atoms with Crippen LogP contribution in [0.5, 0.6) is 0 Å².